The fourth-order valence-corrected chi connectivity index (χ4v) is 2.47. The molecular formula is C22H20N2O4. The molecule has 0 spiro atoms. The third-order valence-corrected chi connectivity index (χ3v) is 3.99. The second-order valence-corrected chi connectivity index (χ2v) is 6.25. The van der Waals surface area contributed by atoms with Gasteiger partial charge >= 0.3 is 0 Å². The normalized spacial score (nSPS) is 10.8. The summed E-state index contributed by atoms with van der Waals surface area (Å²) in [7, 11) is 0. The number of phenolic OH excluding ortho intramolecular Hbond substituents is 2. The maximum absolute atomic E-state index is 12.0. The van der Waals surface area contributed by atoms with Gasteiger partial charge in [-0.05, 0) is 48.4 Å². The van der Waals surface area contributed by atoms with Gasteiger partial charge in [0.2, 0.25) is 0 Å². The molecule has 0 aliphatic rings. The first-order valence-corrected chi connectivity index (χ1v) is 8.65. The van der Waals surface area contributed by atoms with E-state index in [1.807, 2.05) is 49.4 Å². The summed E-state index contributed by atoms with van der Waals surface area (Å²) in [6, 6.07) is 19.1. The first-order chi connectivity index (χ1) is 13.5. The molecule has 0 fully saturated rings. The van der Waals surface area contributed by atoms with Crippen molar-refractivity contribution < 1.29 is 19.7 Å². The minimum atomic E-state index is -0.628. The van der Waals surface area contributed by atoms with Crippen LogP contribution in [0.2, 0.25) is 0 Å². The van der Waals surface area contributed by atoms with Crippen LogP contribution in [-0.4, -0.2) is 22.3 Å². The molecule has 0 aliphatic heterocycles. The van der Waals surface area contributed by atoms with Gasteiger partial charge < -0.3 is 14.9 Å². The zero-order chi connectivity index (χ0) is 19.9. The minimum Gasteiger partial charge on any atom is -0.508 e. The van der Waals surface area contributed by atoms with E-state index in [1.54, 1.807) is 6.07 Å². The van der Waals surface area contributed by atoms with Crippen molar-refractivity contribution in [3.05, 3.63) is 89.0 Å². The van der Waals surface area contributed by atoms with Gasteiger partial charge in [-0.15, -0.1) is 0 Å². The van der Waals surface area contributed by atoms with E-state index >= 15 is 0 Å². The van der Waals surface area contributed by atoms with Gasteiger partial charge in [-0.1, -0.05) is 42.0 Å². The van der Waals surface area contributed by atoms with Crippen molar-refractivity contribution in [2.24, 2.45) is 5.10 Å². The van der Waals surface area contributed by atoms with Crippen LogP contribution >= 0.6 is 0 Å². The number of phenols is 2. The Morgan fingerprint density at radius 1 is 1.07 bits per heavy atom. The molecule has 0 heterocycles. The maximum atomic E-state index is 12.0. The average molecular weight is 376 g/mol. The van der Waals surface area contributed by atoms with Gasteiger partial charge in [0.05, 0.1) is 11.8 Å². The highest BCUT2D eigenvalue weighted by molar-refractivity contribution is 5.97. The minimum absolute atomic E-state index is 0.0627. The highest BCUT2D eigenvalue weighted by atomic mass is 16.5. The van der Waals surface area contributed by atoms with Gasteiger partial charge in [0.1, 0.15) is 23.9 Å². The molecule has 3 rings (SSSR count). The van der Waals surface area contributed by atoms with Crippen LogP contribution in [0.3, 0.4) is 0 Å². The molecule has 28 heavy (non-hydrogen) atoms. The summed E-state index contributed by atoms with van der Waals surface area (Å²) < 4.78 is 5.79. The Bertz CT molecular complexity index is 998. The number of benzene rings is 3. The average Bonchev–Trinajstić information content (AvgIpc) is 2.69. The number of carbonyl (C=O) groups is 1. The number of nitrogens with one attached hydrogen (secondary N) is 1. The Hall–Kier alpha value is -3.80. The van der Waals surface area contributed by atoms with Crippen molar-refractivity contribution in [3.8, 4) is 17.2 Å². The number of amides is 1. The van der Waals surface area contributed by atoms with Gasteiger partial charge in [0.25, 0.3) is 5.91 Å². The second-order valence-electron chi connectivity index (χ2n) is 6.25. The lowest BCUT2D eigenvalue weighted by Gasteiger charge is -2.07. The van der Waals surface area contributed by atoms with E-state index in [0.29, 0.717) is 12.4 Å². The molecule has 3 aromatic rings. The molecule has 0 radical (unpaired) electrons. The van der Waals surface area contributed by atoms with Gasteiger partial charge in [-0.25, -0.2) is 5.43 Å². The zero-order valence-corrected chi connectivity index (χ0v) is 15.3. The topological polar surface area (TPSA) is 91.2 Å². The summed E-state index contributed by atoms with van der Waals surface area (Å²) in [5.74, 6) is -0.305. The fraction of sp³-hybridized carbons (Fsp3) is 0.0909. The highest BCUT2D eigenvalue weighted by Gasteiger charge is 2.11. The molecule has 0 unspecified atom stereocenters. The van der Waals surface area contributed by atoms with E-state index in [2.05, 4.69) is 10.5 Å². The number of hydrogen-bond donors (Lipinski definition) is 3. The molecule has 0 aromatic heterocycles. The second kappa shape index (κ2) is 8.73. The summed E-state index contributed by atoms with van der Waals surface area (Å²) in [5.41, 5.74) is 5.26. The van der Waals surface area contributed by atoms with Gasteiger partial charge in [-0.2, -0.15) is 5.10 Å². The van der Waals surface area contributed by atoms with E-state index in [-0.39, 0.29) is 17.1 Å². The number of rotatable bonds is 6. The molecule has 0 saturated carbocycles. The Balaban J connectivity index is 1.59. The molecule has 3 N–H and O–H groups in total. The zero-order valence-electron chi connectivity index (χ0n) is 15.3. The lowest BCUT2D eigenvalue weighted by Crippen LogP contribution is -2.17. The number of aromatic hydroxyl groups is 2. The molecule has 0 bridgehead atoms. The van der Waals surface area contributed by atoms with Crippen LogP contribution in [0, 0.1) is 6.92 Å². The molecular weight excluding hydrogens is 356 g/mol. The number of ether oxygens (including phenoxy) is 1. The third-order valence-electron chi connectivity index (χ3n) is 3.99. The van der Waals surface area contributed by atoms with Crippen molar-refractivity contribution in [1.29, 1.82) is 0 Å². The van der Waals surface area contributed by atoms with Crippen LogP contribution in [0.25, 0.3) is 0 Å². The van der Waals surface area contributed by atoms with Crippen molar-refractivity contribution in [2.75, 3.05) is 0 Å². The smallest absolute Gasteiger partial charge is 0.275 e. The van der Waals surface area contributed by atoms with E-state index in [9.17, 15) is 15.0 Å². The van der Waals surface area contributed by atoms with Crippen molar-refractivity contribution >= 4 is 12.1 Å². The first kappa shape index (κ1) is 19.0. The number of nitrogens with zero attached hydrogens (tertiary/aromatic N) is 1. The Morgan fingerprint density at radius 3 is 2.64 bits per heavy atom. The quantitative estimate of drug-likeness (QED) is 0.347. The predicted octanol–water partition coefficient (Wildman–Crippen LogP) is 3.75. The number of hydrazone groups is 1. The molecule has 6 heteroatoms. The first-order valence-electron chi connectivity index (χ1n) is 8.65. The van der Waals surface area contributed by atoms with Crippen LogP contribution in [0.5, 0.6) is 17.2 Å². The number of aryl methyl sites for hydroxylation is 1. The lowest BCUT2D eigenvalue weighted by molar-refractivity contribution is 0.0952. The molecule has 3 aromatic carbocycles. The molecule has 6 nitrogen and oxygen atoms in total. The molecule has 0 saturated heterocycles. The van der Waals surface area contributed by atoms with Crippen LogP contribution in [0.15, 0.2) is 71.8 Å². The number of hydrogen-bond acceptors (Lipinski definition) is 5. The van der Waals surface area contributed by atoms with Gasteiger partial charge in [-0.3, -0.25) is 4.79 Å². The Kier molecular flexibility index (Phi) is 5.91. The van der Waals surface area contributed by atoms with Crippen molar-refractivity contribution in [1.82, 2.24) is 5.43 Å². The van der Waals surface area contributed by atoms with Crippen LogP contribution in [0.4, 0.5) is 0 Å². The van der Waals surface area contributed by atoms with Gasteiger partial charge in [0, 0.05) is 0 Å². The lowest BCUT2D eigenvalue weighted by atomic mass is 10.2. The molecule has 0 atom stereocenters. The summed E-state index contributed by atoms with van der Waals surface area (Å²) in [4.78, 5) is 12.0. The Morgan fingerprint density at radius 2 is 1.86 bits per heavy atom. The van der Waals surface area contributed by atoms with Crippen LogP contribution in [-0.2, 0) is 6.61 Å². The van der Waals surface area contributed by atoms with E-state index in [0.717, 1.165) is 11.1 Å². The van der Waals surface area contributed by atoms with Crippen LogP contribution in [0.1, 0.15) is 27.0 Å². The van der Waals surface area contributed by atoms with E-state index < -0.39 is 5.91 Å². The SMILES string of the molecule is Cc1ccc(COc2cccc(/C=N\NC(=O)c3cc(O)ccc3O)c2)cc1. The summed E-state index contributed by atoms with van der Waals surface area (Å²) >= 11 is 0. The summed E-state index contributed by atoms with van der Waals surface area (Å²) in [6.07, 6.45) is 1.47. The predicted molar refractivity (Wildman–Crippen MR) is 107 cm³/mol. The summed E-state index contributed by atoms with van der Waals surface area (Å²) in [6.45, 7) is 2.49. The fourth-order valence-electron chi connectivity index (χ4n) is 2.47. The third kappa shape index (κ3) is 5.11. The Labute approximate surface area is 162 Å². The molecule has 0 aliphatic carbocycles. The number of carbonyl (C=O) groups excluding carboxylic acids is 1. The maximum Gasteiger partial charge on any atom is 0.275 e. The highest BCUT2D eigenvalue weighted by Crippen LogP contribution is 2.21. The summed E-state index contributed by atoms with van der Waals surface area (Å²) in [5, 5.41) is 23.0. The molecule has 142 valence electrons. The van der Waals surface area contributed by atoms with Gasteiger partial charge in [0.15, 0.2) is 0 Å². The van der Waals surface area contributed by atoms with E-state index in [1.165, 1.54) is 30.0 Å². The van der Waals surface area contributed by atoms with Crippen molar-refractivity contribution in [2.45, 2.75) is 13.5 Å². The van der Waals surface area contributed by atoms with Crippen molar-refractivity contribution in [3.63, 3.8) is 0 Å². The standard InChI is InChI=1S/C22H20N2O4/c1-15-5-7-16(8-6-15)14-28-19-4-2-3-17(11-19)13-23-24-22(27)20-12-18(25)9-10-21(20)26/h2-13,25-26H,14H2,1H3,(H,24,27)/b23-13-. The largest absolute Gasteiger partial charge is 0.508 e. The monoisotopic (exact) mass is 376 g/mol. The molecule has 1 amide bonds. The van der Waals surface area contributed by atoms with E-state index in [4.69, 9.17) is 4.74 Å². The van der Waals surface area contributed by atoms with Crippen LogP contribution < -0.4 is 10.2 Å².